The fourth-order valence-corrected chi connectivity index (χ4v) is 2.07. The Bertz CT molecular complexity index is 358. The molecule has 5 nitrogen and oxygen atoms in total. The van der Waals surface area contributed by atoms with Gasteiger partial charge in [0, 0.05) is 25.6 Å². The highest BCUT2D eigenvalue weighted by Crippen LogP contribution is 2.05. The third-order valence-electron chi connectivity index (χ3n) is 2.91. The number of ether oxygens (including phenoxy) is 1. The zero-order chi connectivity index (χ0) is 12.8. The number of furan rings is 1. The van der Waals surface area contributed by atoms with E-state index in [0.717, 1.165) is 18.8 Å². The number of carbonyl (C=O) groups excluding carboxylic acids is 1. The summed E-state index contributed by atoms with van der Waals surface area (Å²) >= 11 is 0. The SMILES string of the molecule is CC(Cc1ccco1)NC(=O)CC1CNCCO1. The Labute approximate surface area is 107 Å². The highest BCUT2D eigenvalue weighted by Gasteiger charge is 2.18. The summed E-state index contributed by atoms with van der Waals surface area (Å²) in [6, 6.07) is 3.84. The van der Waals surface area contributed by atoms with Crippen LogP contribution in [0.25, 0.3) is 0 Å². The van der Waals surface area contributed by atoms with Crippen molar-refractivity contribution in [1.29, 1.82) is 0 Å². The predicted octanol–water partition coefficient (Wildman–Crippen LogP) is 0.705. The van der Waals surface area contributed by atoms with Gasteiger partial charge in [0.25, 0.3) is 0 Å². The zero-order valence-electron chi connectivity index (χ0n) is 10.6. The van der Waals surface area contributed by atoms with Crippen molar-refractivity contribution in [2.75, 3.05) is 19.7 Å². The van der Waals surface area contributed by atoms with Gasteiger partial charge in [-0.3, -0.25) is 4.79 Å². The van der Waals surface area contributed by atoms with E-state index in [2.05, 4.69) is 10.6 Å². The van der Waals surface area contributed by atoms with Crippen LogP contribution < -0.4 is 10.6 Å². The van der Waals surface area contributed by atoms with Crippen LogP contribution in [-0.4, -0.2) is 37.7 Å². The third-order valence-corrected chi connectivity index (χ3v) is 2.91. The van der Waals surface area contributed by atoms with Crippen LogP contribution in [-0.2, 0) is 16.0 Å². The van der Waals surface area contributed by atoms with E-state index in [4.69, 9.17) is 9.15 Å². The standard InChI is InChI=1S/C13H20N2O3/c1-10(7-11-3-2-5-17-11)15-13(16)8-12-9-14-4-6-18-12/h2-3,5,10,12,14H,4,6-9H2,1H3,(H,15,16). The zero-order valence-corrected chi connectivity index (χ0v) is 10.6. The van der Waals surface area contributed by atoms with Crippen LogP contribution in [0.1, 0.15) is 19.1 Å². The minimum atomic E-state index is -0.00503. The van der Waals surface area contributed by atoms with Gasteiger partial charge in [-0.05, 0) is 19.1 Å². The molecule has 1 aromatic heterocycles. The Kier molecular flexibility index (Phi) is 4.78. The molecule has 100 valence electrons. The normalized spacial score (nSPS) is 21.5. The molecule has 5 heteroatoms. The van der Waals surface area contributed by atoms with E-state index in [0.29, 0.717) is 19.4 Å². The van der Waals surface area contributed by atoms with Crippen molar-refractivity contribution in [1.82, 2.24) is 10.6 Å². The summed E-state index contributed by atoms with van der Waals surface area (Å²) in [5.41, 5.74) is 0. The molecule has 0 aromatic carbocycles. The van der Waals surface area contributed by atoms with Crippen LogP contribution in [0.4, 0.5) is 0 Å². The van der Waals surface area contributed by atoms with Crippen molar-refractivity contribution in [3.63, 3.8) is 0 Å². The van der Waals surface area contributed by atoms with Gasteiger partial charge in [-0.1, -0.05) is 0 Å². The van der Waals surface area contributed by atoms with E-state index in [-0.39, 0.29) is 18.1 Å². The first-order valence-corrected chi connectivity index (χ1v) is 6.38. The summed E-state index contributed by atoms with van der Waals surface area (Å²) in [5.74, 6) is 0.918. The first-order chi connectivity index (χ1) is 8.74. The fraction of sp³-hybridized carbons (Fsp3) is 0.615. The molecule has 2 heterocycles. The highest BCUT2D eigenvalue weighted by atomic mass is 16.5. The van der Waals surface area contributed by atoms with Crippen LogP contribution in [0, 0.1) is 0 Å². The maximum atomic E-state index is 11.8. The van der Waals surface area contributed by atoms with Crippen LogP contribution in [0.2, 0.25) is 0 Å². The molecule has 2 unspecified atom stereocenters. The number of hydrogen-bond acceptors (Lipinski definition) is 4. The molecular formula is C13H20N2O3. The molecule has 2 atom stereocenters. The Morgan fingerprint density at radius 1 is 1.67 bits per heavy atom. The summed E-state index contributed by atoms with van der Waals surface area (Å²) in [6.45, 7) is 4.27. The summed E-state index contributed by atoms with van der Waals surface area (Å²) in [6.07, 6.45) is 2.76. The van der Waals surface area contributed by atoms with Gasteiger partial charge in [-0.15, -0.1) is 0 Å². The van der Waals surface area contributed by atoms with Gasteiger partial charge in [-0.25, -0.2) is 0 Å². The Morgan fingerprint density at radius 3 is 3.22 bits per heavy atom. The molecule has 1 aliphatic heterocycles. The average Bonchev–Trinajstić information content (AvgIpc) is 2.82. The van der Waals surface area contributed by atoms with Crippen LogP contribution in [0.15, 0.2) is 22.8 Å². The largest absolute Gasteiger partial charge is 0.469 e. The molecule has 18 heavy (non-hydrogen) atoms. The van der Waals surface area contributed by atoms with Crippen molar-refractivity contribution in [2.45, 2.75) is 31.9 Å². The van der Waals surface area contributed by atoms with Gasteiger partial charge in [-0.2, -0.15) is 0 Å². The van der Waals surface area contributed by atoms with Gasteiger partial charge in [0.15, 0.2) is 0 Å². The predicted molar refractivity (Wildman–Crippen MR) is 67.2 cm³/mol. The minimum Gasteiger partial charge on any atom is -0.469 e. The monoisotopic (exact) mass is 252 g/mol. The van der Waals surface area contributed by atoms with Gasteiger partial charge in [0.1, 0.15) is 5.76 Å². The molecule has 1 saturated heterocycles. The molecule has 0 saturated carbocycles. The molecule has 1 aliphatic rings. The van der Waals surface area contributed by atoms with Crippen molar-refractivity contribution in [3.05, 3.63) is 24.2 Å². The molecular weight excluding hydrogens is 232 g/mol. The van der Waals surface area contributed by atoms with E-state index in [1.54, 1.807) is 6.26 Å². The fourth-order valence-electron chi connectivity index (χ4n) is 2.07. The molecule has 1 aromatic rings. The Balaban J connectivity index is 1.69. The molecule has 1 amide bonds. The quantitative estimate of drug-likeness (QED) is 0.810. The van der Waals surface area contributed by atoms with Crippen LogP contribution >= 0.6 is 0 Å². The van der Waals surface area contributed by atoms with E-state index < -0.39 is 0 Å². The Morgan fingerprint density at radius 2 is 2.56 bits per heavy atom. The summed E-state index contributed by atoms with van der Waals surface area (Å²) in [5, 5.41) is 6.17. The molecule has 0 bridgehead atoms. The topological polar surface area (TPSA) is 63.5 Å². The number of nitrogens with one attached hydrogen (secondary N) is 2. The minimum absolute atomic E-state index is 0.00503. The molecule has 1 fully saturated rings. The lowest BCUT2D eigenvalue weighted by atomic mass is 10.1. The number of morpholine rings is 1. The molecule has 0 radical (unpaired) electrons. The average molecular weight is 252 g/mol. The van der Waals surface area contributed by atoms with E-state index >= 15 is 0 Å². The molecule has 0 aliphatic carbocycles. The van der Waals surface area contributed by atoms with Gasteiger partial charge in [0.05, 0.1) is 25.4 Å². The lowest BCUT2D eigenvalue weighted by molar-refractivity contribution is -0.125. The second-order valence-electron chi connectivity index (χ2n) is 4.65. The molecule has 2 rings (SSSR count). The summed E-state index contributed by atoms with van der Waals surface area (Å²) in [7, 11) is 0. The van der Waals surface area contributed by atoms with Crippen molar-refractivity contribution in [2.24, 2.45) is 0 Å². The van der Waals surface area contributed by atoms with E-state index in [1.807, 2.05) is 19.1 Å². The second-order valence-corrected chi connectivity index (χ2v) is 4.65. The summed E-state index contributed by atoms with van der Waals surface area (Å²) < 4.78 is 10.7. The van der Waals surface area contributed by atoms with Gasteiger partial charge >= 0.3 is 0 Å². The number of amides is 1. The maximum absolute atomic E-state index is 11.8. The van der Waals surface area contributed by atoms with E-state index in [9.17, 15) is 4.79 Å². The number of hydrogen-bond donors (Lipinski definition) is 2. The first-order valence-electron chi connectivity index (χ1n) is 6.38. The second kappa shape index (κ2) is 6.56. The van der Waals surface area contributed by atoms with Crippen molar-refractivity contribution >= 4 is 5.91 Å². The summed E-state index contributed by atoms with van der Waals surface area (Å²) in [4.78, 5) is 11.8. The number of rotatable bonds is 5. The lowest BCUT2D eigenvalue weighted by Gasteiger charge is -2.23. The van der Waals surface area contributed by atoms with E-state index in [1.165, 1.54) is 0 Å². The molecule has 0 spiro atoms. The molecule has 2 N–H and O–H groups in total. The third kappa shape index (κ3) is 4.16. The first kappa shape index (κ1) is 13.1. The van der Waals surface area contributed by atoms with Crippen LogP contribution in [0.5, 0.6) is 0 Å². The number of carbonyl (C=O) groups is 1. The van der Waals surface area contributed by atoms with Crippen molar-refractivity contribution in [3.8, 4) is 0 Å². The Hall–Kier alpha value is -1.33. The maximum Gasteiger partial charge on any atom is 0.222 e. The van der Waals surface area contributed by atoms with Crippen molar-refractivity contribution < 1.29 is 13.9 Å². The lowest BCUT2D eigenvalue weighted by Crippen LogP contribution is -2.43. The van der Waals surface area contributed by atoms with Crippen LogP contribution in [0.3, 0.4) is 0 Å². The van der Waals surface area contributed by atoms with Gasteiger partial charge < -0.3 is 19.8 Å². The van der Waals surface area contributed by atoms with Gasteiger partial charge in [0.2, 0.25) is 5.91 Å². The highest BCUT2D eigenvalue weighted by molar-refractivity contribution is 5.76. The smallest absolute Gasteiger partial charge is 0.222 e.